The molecule has 0 aliphatic carbocycles. The van der Waals surface area contributed by atoms with Gasteiger partial charge in [0.15, 0.2) is 5.13 Å². The minimum Gasteiger partial charge on any atom is -0.399 e. The first-order chi connectivity index (χ1) is 9.70. The van der Waals surface area contributed by atoms with Gasteiger partial charge in [-0.05, 0) is 42.3 Å². The van der Waals surface area contributed by atoms with Crippen LogP contribution in [0.25, 0.3) is 10.2 Å². The van der Waals surface area contributed by atoms with E-state index in [1.807, 2.05) is 24.3 Å². The van der Waals surface area contributed by atoms with Gasteiger partial charge in [0, 0.05) is 12.2 Å². The Bertz CT molecular complexity index is 739. The van der Waals surface area contributed by atoms with Crippen molar-refractivity contribution in [2.45, 2.75) is 6.42 Å². The molecule has 0 amide bonds. The van der Waals surface area contributed by atoms with Gasteiger partial charge in [0.2, 0.25) is 0 Å². The largest absolute Gasteiger partial charge is 0.399 e. The van der Waals surface area contributed by atoms with Crippen LogP contribution in [0.4, 0.5) is 15.2 Å². The molecule has 102 valence electrons. The molecule has 0 aliphatic heterocycles. The van der Waals surface area contributed by atoms with Crippen molar-refractivity contribution < 1.29 is 4.39 Å². The number of hydrogen-bond donors (Lipinski definition) is 2. The Morgan fingerprint density at radius 1 is 1.20 bits per heavy atom. The molecule has 3 nitrogen and oxygen atoms in total. The molecule has 20 heavy (non-hydrogen) atoms. The lowest BCUT2D eigenvalue weighted by molar-refractivity contribution is 0.625. The normalized spacial score (nSPS) is 10.8. The number of benzene rings is 2. The molecule has 0 bridgehead atoms. The van der Waals surface area contributed by atoms with Gasteiger partial charge in [0.25, 0.3) is 0 Å². The fourth-order valence-electron chi connectivity index (χ4n) is 2.02. The van der Waals surface area contributed by atoms with E-state index in [0.29, 0.717) is 0 Å². The van der Waals surface area contributed by atoms with Crippen molar-refractivity contribution in [2.75, 3.05) is 17.6 Å². The smallest absolute Gasteiger partial charge is 0.183 e. The number of aromatic nitrogens is 1. The van der Waals surface area contributed by atoms with Crippen LogP contribution in [0, 0.1) is 5.82 Å². The zero-order valence-electron chi connectivity index (χ0n) is 10.8. The van der Waals surface area contributed by atoms with Crippen molar-refractivity contribution in [3.8, 4) is 0 Å². The Kier molecular flexibility index (Phi) is 3.52. The van der Waals surface area contributed by atoms with Crippen LogP contribution in [0.15, 0.2) is 42.5 Å². The molecule has 3 aromatic rings. The Morgan fingerprint density at radius 3 is 2.95 bits per heavy atom. The Balaban J connectivity index is 1.65. The molecule has 0 fully saturated rings. The molecule has 1 aromatic heterocycles. The predicted molar refractivity (Wildman–Crippen MR) is 82.6 cm³/mol. The van der Waals surface area contributed by atoms with Crippen molar-refractivity contribution in [1.29, 1.82) is 0 Å². The number of nitrogens with two attached hydrogens (primary N) is 1. The molecule has 0 radical (unpaired) electrons. The Labute approximate surface area is 120 Å². The molecule has 2 aromatic carbocycles. The summed E-state index contributed by atoms with van der Waals surface area (Å²) < 4.78 is 14.1. The number of nitrogens with zero attached hydrogens (tertiary/aromatic N) is 1. The average Bonchev–Trinajstić information content (AvgIpc) is 2.80. The number of halogens is 1. The van der Waals surface area contributed by atoms with E-state index in [0.717, 1.165) is 39.6 Å². The maximum absolute atomic E-state index is 13.1. The van der Waals surface area contributed by atoms with Crippen molar-refractivity contribution in [3.05, 3.63) is 53.8 Å². The number of nitrogen functional groups attached to an aromatic ring is 1. The topological polar surface area (TPSA) is 50.9 Å². The van der Waals surface area contributed by atoms with Crippen molar-refractivity contribution in [1.82, 2.24) is 4.98 Å². The molecule has 0 unspecified atom stereocenters. The molecule has 0 aliphatic rings. The molecular formula is C15H14FN3S. The fourth-order valence-corrected chi connectivity index (χ4v) is 2.96. The van der Waals surface area contributed by atoms with Crippen LogP contribution < -0.4 is 11.1 Å². The van der Waals surface area contributed by atoms with Crippen LogP contribution in [-0.4, -0.2) is 11.5 Å². The highest BCUT2D eigenvalue weighted by Gasteiger charge is 2.03. The lowest BCUT2D eigenvalue weighted by atomic mass is 10.1. The first-order valence-corrected chi connectivity index (χ1v) is 7.17. The summed E-state index contributed by atoms with van der Waals surface area (Å²) in [5.74, 6) is -0.196. The summed E-state index contributed by atoms with van der Waals surface area (Å²) in [5, 5.41) is 4.13. The zero-order chi connectivity index (χ0) is 13.9. The van der Waals surface area contributed by atoms with Crippen LogP contribution in [0.1, 0.15) is 5.56 Å². The van der Waals surface area contributed by atoms with E-state index in [2.05, 4.69) is 10.3 Å². The second-order valence-corrected chi connectivity index (χ2v) is 5.58. The standard InChI is InChI=1S/C15H14FN3S/c16-11-3-1-2-10(8-11)6-7-18-15-19-13-5-4-12(17)9-14(13)20-15/h1-5,8-9H,6-7,17H2,(H,18,19). The van der Waals surface area contributed by atoms with E-state index in [-0.39, 0.29) is 5.82 Å². The fraction of sp³-hybridized carbons (Fsp3) is 0.133. The molecule has 3 N–H and O–H groups in total. The minimum atomic E-state index is -0.196. The third-order valence-electron chi connectivity index (χ3n) is 2.99. The summed E-state index contributed by atoms with van der Waals surface area (Å²) in [7, 11) is 0. The molecule has 3 rings (SSSR count). The quantitative estimate of drug-likeness (QED) is 0.720. The summed E-state index contributed by atoms with van der Waals surface area (Å²) in [4.78, 5) is 4.48. The summed E-state index contributed by atoms with van der Waals surface area (Å²) >= 11 is 1.57. The van der Waals surface area contributed by atoms with Gasteiger partial charge in [-0.3, -0.25) is 0 Å². The number of rotatable bonds is 4. The lowest BCUT2D eigenvalue weighted by Gasteiger charge is -2.02. The second kappa shape index (κ2) is 5.46. The molecule has 0 saturated heterocycles. The maximum Gasteiger partial charge on any atom is 0.183 e. The van der Waals surface area contributed by atoms with Crippen molar-refractivity contribution >= 4 is 32.4 Å². The van der Waals surface area contributed by atoms with E-state index in [9.17, 15) is 4.39 Å². The molecule has 5 heteroatoms. The summed E-state index contributed by atoms with van der Waals surface area (Å²) in [5.41, 5.74) is 8.41. The van der Waals surface area contributed by atoms with Gasteiger partial charge >= 0.3 is 0 Å². The van der Waals surface area contributed by atoms with Crippen molar-refractivity contribution in [2.24, 2.45) is 0 Å². The Hall–Kier alpha value is -2.14. The number of anilines is 2. The third-order valence-corrected chi connectivity index (χ3v) is 3.97. The van der Waals surface area contributed by atoms with Crippen molar-refractivity contribution in [3.63, 3.8) is 0 Å². The summed E-state index contributed by atoms with van der Waals surface area (Å²) in [6.45, 7) is 0.721. The molecule has 0 atom stereocenters. The van der Waals surface area contributed by atoms with Gasteiger partial charge in [0.1, 0.15) is 5.82 Å². The molecule has 1 heterocycles. The molecular weight excluding hydrogens is 273 g/mol. The van der Waals surface area contributed by atoms with Crippen LogP contribution >= 0.6 is 11.3 Å². The number of hydrogen-bond acceptors (Lipinski definition) is 4. The van der Waals surface area contributed by atoms with Gasteiger partial charge in [-0.15, -0.1) is 0 Å². The van der Waals surface area contributed by atoms with E-state index >= 15 is 0 Å². The third kappa shape index (κ3) is 2.88. The highest BCUT2D eigenvalue weighted by Crippen LogP contribution is 2.27. The van der Waals surface area contributed by atoms with E-state index in [1.165, 1.54) is 6.07 Å². The number of nitrogens with one attached hydrogen (secondary N) is 1. The molecule has 0 spiro atoms. The first kappa shape index (κ1) is 12.9. The number of thiazole rings is 1. The summed E-state index contributed by atoms with van der Waals surface area (Å²) in [6.07, 6.45) is 0.760. The molecule has 0 saturated carbocycles. The monoisotopic (exact) mass is 287 g/mol. The van der Waals surface area contributed by atoms with Crippen LogP contribution in [0.3, 0.4) is 0 Å². The van der Waals surface area contributed by atoms with E-state index in [1.54, 1.807) is 23.5 Å². The van der Waals surface area contributed by atoms with Gasteiger partial charge in [-0.2, -0.15) is 0 Å². The van der Waals surface area contributed by atoms with Gasteiger partial charge in [-0.1, -0.05) is 23.5 Å². The van der Waals surface area contributed by atoms with Crippen LogP contribution in [0.2, 0.25) is 0 Å². The maximum atomic E-state index is 13.1. The van der Waals surface area contributed by atoms with E-state index < -0.39 is 0 Å². The van der Waals surface area contributed by atoms with Crippen LogP contribution in [0.5, 0.6) is 0 Å². The first-order valence-electron chi connectivity index (χ1n) is 6.35. The van der Waals surface area contributed by atoms with Gasteiger partial charge in [0.05, 0.1) is 10.2 Å². The zero-order valence-corrected chi connectivity index (χ0v) is 11.6. The predicted octanol–water partition coefficient (Wildman–Crippen LogP) is 3.67. The average molecular weight is 287 g/mol. The second-order valence-electron chi connectivity index (χ2n) is 4.55. The van der Waals surface area contributed by atoms with Gasteiger partial charge < -0.3 is 11.1 Å². The van der Waals surface area contributed by atoms with Gasteiger partial charge in [-0.25, -0.2) is 9.37 Å². The van der Waals surface area contributed by atoms with Crippen LogP contribution in [-0.2, 0) is 6.42 Å². The van der Waals surface area contributed by atoms with E-state index in [4.69, 9.17) is 5.73 Å². The summed E-state index contributed by atoms with van der Waals surface area (Å²) in [6, 6.07) is 12.3. The minimum absolute atomic E-state index is 0.196. The highest BCUT2D eigenvalue weighted by molar-refractivity contribution is 7.22. The number of fused-ring (bicyclic) bond motifs is 1. The Morgan fingerprint density at radius 2 is 2.10 bits per heavy atom. The SMILES string of the molecule is Nc1ccc2nc(NCCc3cccc(F)c3)sc2c1. The highest BCUT2D eigenvalue weighted by atomic mass is 32.1. The lowest BCUT2D eigenvalue weighted by Crippen LogP contribution is -2.04.